The molecule has 212 valence electrons. The first-order valence-corrected chi connectivity index (χ1v) is 14.1. The number of amides is 2. The van der Waals surface area contributed by atoms with Crippen LogP contribution in [0.2, 0.25) is 0 Å². The molecule has 2 aliphatic heterocycles. The molecular weight excluding hydrogens is 537 g/mol. The summed E-state index contributed by atoms with van der Waals surface area (Å²) in [6.07, 6.45) is 2.34. The van der Waals surface area contributed by atoms with E-state index in [0.717, 1.165) is 36.8 Å². The van der Waals surface area contributed by atoms with Crippen molar-refractivity contribution in [3.63, 3.8) is 0 Å². The van der Waals surface area contributed by atoms with Gasteiger partial charge in [-0.15, -0.1) is 0 Å². The Kier molecular flexibility index (Phi) is 6.61. The third kappa shape index (κ3) is 4.98. The molecule has 3 aliphatic rings. The molecule has 1 fully saturated rings. The molecule has 2 aromatic heterocycles. The second-order valence-corrected chi connectivity index (χ2v) is 10.5. The van der Waals surface area contributed by atoms with Crippen LogP contribution < -0.4 is 20.7 Å². The van der Waals surface area contributed by atoms with Crippen molar-refractivity contribution < 1.29 is 18.7 Å². The number of fused-ring (bicyclic) bond motifs is 2. The van der Waals surface area contributed by atoms with E-state index in [-0.39, 0.29) is 22.7 Å². The van der Waals surface area contributed by atoms with Crippen molar-refractivity contribution in [3.8, 4) is 17.1 Å². The molecule has 2 aromatic carbocycles. The Morgan fingerprint density at radius 2 is 1.81 bits per heavy atom. The smallest absolute Gasteiger partial charge is 0.269 e. The Balaban J connectivity index is 1.28. The molecule has 0 unspecified atom stereocenters. The zero-order chi connectivity index (χ0) is 28.6. The van der Waals surface area contributed by atoms with Gasteiger partial charge in [0.2, 0.25) is 18.0 Å². The van der Waals surface area contributed by atoms with Crippen molar-refractivity contribution in [1.82, 2.24) is 20.1 Å². The van der Waals surface area contributed by atoms with Gasteiger partial charge in [-0.25, -0.2) is 14.7 Å². The molecule has 7 rings (SSSR count). The van der Waals surface area contributed by atoms with Crippen LogP contribution >= 0.6 is 0 Å². The molecule has 1 atom stereocenters. The fraction of sp³-hybridized carbons (Fsp3) is 0.258. The number of hydrogen-bond donors (Lipinski definition) is 3. The maximum atomic E-state index is 15.4. The van der Waals surface area contributed by atoms with Crippen molar-refractivity contribution in [2.45, 2.75) is 44.4 Å². The highest BCUT2D eigenvalue weighted by atomic mass is 19.1. The van der Waals surface area contributed by atoms with Crippen LogP contribution in [0.25, 0.3) is 11.3 Å². The summed E-state index contributed by atoms with van der Waals surface area (Å²) in [4.78, 5) is 36.2. The minimum atomic E-state index is -1.28. The quantitative estimate of drug-likeness (QED) is 0.299. The third-order valence-electron chi connectivity index (χ3n) is 7.43. The van der Waals surface area contributed by atoms with E-state index in [0.29, 0.717) is 36.4 Å². The lowest BCUT2D eigenvalue weighted by atomic mass is 10.0. The number of aromatic nitrogens is 3. The molecule has 0 saturated heterocycles. The predicted octanol–water partition coefficient (Wildman–Crippen LogP) is 4.38. The number of pyridine rings is 1. The first kappa shape index (κ1) is 25.9. The van der Waals surface area contributed by atoms with E-state index in [1.807, 2.05) is 48.5 Å². The van der Waals surface area contributed by atoms with E-state index in [2.05, 4.69) is 26.0 Å². The van der Waals surface area contributed by atoms with E-state index in [4.69, 9.17) is 9.73 Å². The lowest BCUT2D eigenvalue weighted by molar-refractivity contribution is -0.117. The molecule has 0 spiro atoms. The fourth-order valence-corrected chi connectivity index (χ4v) is 5.18. The van der Waals surface area contributed by atoms with Gasteiger partial charge in [0.1, 0.15) is 17.1 Å². The number of hydrogen-bond acceptors (Lipinski definition) is 7. The molecular formula is C31H28FN7O3. The predicted molar refractivity (Wildman–Crippen MR) is 155 cm³/mol. The van der Waals surface area contributed by atoms with Gasteiger partial charge in [-0.05, 0) is 43.9 Å². The van der Waals surface area contributed by atoms with E-state index in [9.17, 15) is 9.59 Å². The average Bonchev–Trinajstić information content (AvgIpc) is 3.80. The number of nitrogens with zero attached hydrogens (tertiary/aromatic N) is 4. The second-order valence-electron chi connectivity index (χ2n) is 10.5. The molecule has 1 aliphatic carbocycles. The largest absolute Gasteiger partial charge is 0.477 e. The number of anilines is 2. The van der Waals surface area contributed by atoms with Crippen LogP contribution in [-0.4, -0.2) is 51.1 Å². The number of ether oxygens (including phenoxy) is 1. The van der Waals surface area contributed by atoms with Crippen molar-refractivity contribution in [2.24, 2.45) is 4.99 Å². The van der Waals surface area contributed by atoms with Crippen LogP contribution in [0.5, 0.6) is 5.88 Å². The summed E-state index contributed by atoms with van der Waals surface area (Å²) in [5.41, 5.74) is 2.84. The number of benzodiazepines with no additional fused rings is 1. The van der Waals surface area contributed by atoms with E-state index in [1.54, 1.807) is 22.9 Å². The summed E-state index contributed by atoms with van der Waals surface area (Å²) < 4.78 is 22.9. The number of carbonyl (C=O) groups is 2. The Labute approximate surface area is 241 Å². The minimum absolute atomic E-state index is 0.0338. The SMILES string of the molecule is O=C(N[C@H]1N=C(c2ccccc2)c2ccccc2NC1=O)c1c(-c2ccc(NC3CC3)nc2F)nn2c1OCCCC2. The number of aliphatic imine (C=N–C) groups is 1. The van der Waals surface area contributed by atoms with Gasteiger partial charge in [0.25, 0.3) is 11.8 Å². The van der Waals surface area contributed by atoms with Crippen molar-refractivity contribution in [2.75, 3.05) is 17.2 Å². The van der Waals surface area contributed by atoms with Gasteiger partial charge >= 0.3 is 0 Å². The Bertz CT molecular complexity index is 1710. The Hall–Kier alpha value is -5.06. The van der Waals surface area contributed by atoms with Crippen molar-refractivity contribution >= 4 is 29.0 Å². The third-order valence-corrected chi connectivity index (χ3v) is 7.43. The minimum Gasteiger partial charge on any atom is -0.477 e. The van der Waals surface area contributed by atoms with E-state index in [1.165, 1.54) is 0 Å². The summed E-state index contributed by atoms with van der Waals surface area (Å²) in [7, 11) is 0. The summed E-state index contributed by atoms with van der Waals surface area (Å²) >= 11 is 0. The number of para-hydroxylation sites is 1. The highest BCUT2D eigenvalue weighted by Gasteiger charge is 2.33. The Morgan fingerprint density at radius 3 is 2.62 bits per heavy atom. The highest BCUT2D eigenvalue weighted by molar-refractivity contribution is 6.20. The molecule has 10 nitrogen and oxygen atoms in total. The number of aryl methyl sites for hydroxylation is 1. The van der Waals surface area contributed by atoms with Gasteiger partial charge in [-0.3, -0.25) is 9.59 Å². The van der Waals surface area contributed by atoms with Gasteiger partial charge < -0.3 is 20.7 Å². The van der Waals surface area contributed by atoms with Crippen LogP contribution in [0.15, 0.2) is 71.7 Å². The maximum Gasteiger partial charge on any atom is 0.269 e. The molecule has 11 heteroatoms. The van der Waals surface area contributed by atoms with E-state index >= 15 is 4.39 Å². The van der Waals surface area contributed by atoms with Crippen molar-refractivity contribution in [1.29, 1.82) is 0 Å². The number of carbonyl (C=O) groups excluding carboxylic acids is 2. The van der Waals surface area contributed by atoms with Crippen molar-refractivity contribution in [3.05, 3.63) is 89.4 Å². The first-order valence-electron chi connectivity index (χ1n) is 14.1. The average molecular weight is 566 g/mol. The number of benzene rings is 2. The van der Waals surface area contributed by atoms with Crippen LogP contribution in [0.1, 0.15) is 47.2 Å². The molecule has 4 heterocycles. The summed E-state index contributed by atoms with van der Waals surface area (Å²) in [5, 5.41) is 13.4. The van der Waals surface area contributed by atoms with Crippen LogP contribution in [0, 0.1) is 5.95 Å². The molecule has 3 N–H and O–H groups in total. The molecule has 42 heavy (non-hydrogen) atoms. The summed E-state index contributed by atoms with van der Waals surface area (Å²) in [6.45, 7) is 0.882. The lowest BCUT2D eigenvalue weighted by Gasteiger charge is -2.15. The zero-order valence-corrected chi connectivity index (χ0v) is 22.6. The van der Waals surface area contributed by atoms with E-state index < -0.39 is 23.9 Å². The van der Waals surface area contributed by atoms with Gasteiger partial charge in [0.15, 0.2) is 0 Å². The van der Waals surface area contributed by atoms with Gasteiger partial charge in [0.05, 0.1) is 23.6 Å². The summed E-state index contributed by atoms with van der Waals surface area (Å²) in [5.74, 6) is -1.26. The fourth-order valence-electron chi connectivity index (χ4n) is 5.18. The first-order chi connectivity index (χ1) is 20.5. The molecule has 4 aromatic rings. The van der Waals surface area contributed by atoms with Crippen LogP contribution in [-0.2, 0) is 11.3 Å². The normalized spacial score (nSPS) is 17.9. The maximum absolute atomic E-state index is 15.4. The number of halogens is 1. The molecule has 2 amide bonds. The van der Waals surface area contributed by atoms with Crippen LogP contribution in [0.4, 0.5) is 15.9 Å². The van der Waals surface area contributed by atoms with Gasteiger partial charge in [-0.1, -0.05) is 48.5 Å². The Morgan fingerprint density at radius 1 is 1.00 bits per heavy atom. The van der Waals surface area contributed by atoms with Gasteiger partial charge in [-0.2, -0.15) is 9.49 Å². The second kappa shape index (κ2) is 10.7. The topological polar surface area (TPSA) is 123 Å². The number of nitrogens with one attached hydrogen (secondary N) is 3. The monoisotopic (exact) mass is 565 g/mol. The lowest BCUT2D eigenvalue weighted by Crippen LogP contribution is -2.42. The standard InChI is InChI=1S/C31H28FN7O3/c32-27-21(14-15-23(35-27)33-19-12-13-19)26-24(31-39(38-26)16-6-7-17-42-31)29(40)37-28-30(41)34-22-11-5-4-10-20(22)25(36-28)18-8-2-1-3-9-18/h1-5,8-11,14-15,19,28H,6-7,12-13,16-17H2,(H,33,35)(H,34,41)(H,37,40)/t28-/m1/s1. The zero-order valence-electron chi connectivity index (χ0n) is 22.6. The number of rotatable bonds is 6. The van der Waals surface area contributed by atoms with Gasteiger partial charge in [0, 0.05) is 23.7 Å². The van der Waals surface area contributed by atoms with Crippen LogP contribution in [0.3, 0.4) is 0 Å². The summed E-state index contributed by atoms with van der Waals surface area (Å²) in [6, 6.07) is 20.3. The molecule has 0 radical (unpaired) electrons. The molecule has 0 bridgehead atoms. The molecule has 1 saturated carbocycles. The highest BCUT2D eigenvalue weighted by Crippen LogP contribution is 2.35.